The standard InChI is InChI=1S/C24H25N3O2S2/c1-2-17-7-9-19(10-8-17)21-14-31-24(25-21)26-22(28)15-30-16-23(29)27-12-11-18-5-3-4-6-20(18)13-27/h3-10,14H,2,11-13,15-16H2,1H3,(H,25,26,28). The van der Waals surface area contributed by atoms with Crippen molar-refractivity contribution in [1.82, 2.24) is 9.88 Å². The van der Waals surface area contributed by atoms with Crippen LogP contribution < -0.4 is 5.32 Å². The summed E-state index contributed by atoms with van der Waals surface area (Å²) in [5.41, 5.74) is 5.72. The molecule has 1 aliphatic heterocycles. The molecule has 7 heteroatoms. The van der Waals surface area contributed by atoms with E-state index >= 15 is 0 Å². The van der Waals surface area contributed by atoms with Gasteiger partial charge in [-0.05, 0) is 29.5 Å². The third-order valence-corrected chi connectivity index (χ3v) is 7.03. The molecule has 0 atom stereocenters. The lowest BCUT2D eigenvalue weighted by Crippen LogP contribution is -2.37. The zero-order chi connectivity index (χ0) is 21.6. The number of aryl methyl sites for hydroxylation is 1. The maximum atomic E-state index is 12.5. The number of nitrogens with one attached hydrogen (secondary N) is 1. The summed E-state index contributed by atoms with van der Waals surface area (Å²) in [4.78, 5) is 31.2. The van der Waals surface area contributed by atoms with Gasteiger partial charge < -0.3 is 10.2 Å². The summed E-state index contributed by atoms with van der Waals surface area (Å²) in [5.74, 6) is 0.488. The molecule has 2 heterocycles. The van der Waals surface area contributed by atoms with Gasteiger partial charge in [0, 0.05) is 24.0 Å². The molecule has 1 aliphatic rings. The third-order valence-electron chi connectivity index (χ3n) is 5.35. The van der Waals surface area contributed by atoms with E-state index in [2.05, 4.69) is 53.6 Å². The molecular formula is C24H25N3O2S2. The third kappa shape index (κ3) is 5.54. The fourth-order valence-electron chi connectivity index (χ4n) is 3.56. The van der Waals surface area contributed by atoms with Gasteiger partial charge in [0.25, 0.3) is 0 Å². The van der Waals surface area contributed by atoms with Crippen molar-refractivity contribution in [2.24, 2.45) is 0 Å². The minimum Gasteiger partial charge on any atom is -0.337 e. The van der Waals surface area contributed by atoms with E-state index in [9.17, 15) is 9.59 Å². The average Bonchev–Trinajstić information content (AvgIpc) is 3.27. The Bertz CT molecular complexity index is 1060. The van der Waals surface area contributed by atoms with Gasteiger partial charge in [0.1, 0.15) is 0 Å². The quantitative estimate of drug-likeness (QED) is 0.569. The Labute approximate surface area is 190 Å². The molecule has 2 aromatic carbocycles. The van der Waals surface area contributed by atoms with E-state index in [1.54, 1.807) is 0 Å². The van der Waals surface area contributed by atoms with Crippen molar-refractivity contribution >= 4 is 40.0 Å². The van der Waals surface area contributed by atoms with Crippen LogP contribution in [0.3, 0.4) is 0 Å². The Balaban J connectivity index is 1.23. The highest BCUT2D eigenvalue weighted by molar-refractivity contribution is 8.00. The Kier molecular flexibility index (Phi) is 7.04. The predicted molar refractivity (Wildman–Crippen MR) is 128 cm³/mol. The number of rotatable bonds is 7. The Morgan fingerprint density at radius 3 is 2.65 bits per heavy atom. The van der Waals surface area contributed by atoms with Gasteiger partial charge in [-0.3, -0.25) is 9.59 Å². The van der Waals surface area contributed by atoms with Crippen LogP contribution in [0.15, 0.2) is 53.9 Å². The van der Waals surface area contributed by atoms with Crippen LogP contribution in [0.5, 0.6) is 0 Å². The smallest absolute Gasteiger partial charge is 0.236 e. The van der Waals surface area contributed by atoms with Crippen molar-refractivity contribution in [3.63, 3.8) is 0 Å². The molecule has 0 aliphatic carbocycles. The van der Waals surface area contributed by atoms with Gasteiger partial charge in [0.05, 0.1) is 17.2 Å². The predicted octanol–water partition coefficient (Wildman–Crippen LogP) is 4.63. The molecule has 0 bridgehead atoms. The molecule has 0 spiro atoms. The lowest BCUT2D eigenvalue weighted by atomic mass is 10.00. The summed E-state index contributed by atoms with van der Waals surface area (Å²) >= 11 is 2.76. The van der Waals surface area contributed by atoms with Gasteiger partial charge in [-0.1, -0.05) is 55.5 Å². The van der Waals surface area contributed by atoms with Gasteiger partial charge in [-0.25, -0.2) is 4.98 Å². The first-order chi connectivity index (χ1) is 15.1. The SMILES string of the molecule is CCc1ccc(-c2csc(NC(=O)CSCC(=O)N3CCc4ccccc4C3)n2)cc1. The number of amides is 2. The number of thioether (sulfide) groups is 1. The summed E-state index contributed by atoms with van der Waals surface area (Å²) in [7, 11) is 0. The van der Waals surface area contributed by atoms with E-state index in [1.807, 2.05) is 22.4 Å². The van der Waals surface area contributed by atoms with E-state index in [4.69, 9.17) is 0 Å². The van der Waals surface area contributed by atoms with Crippen LogP contribution in [0, 0.1) is 0 Å². The molecule has 0 saturated carbocycles. The molecule has 1 aromatic heterocycles. The lowest BCUT2D eigenvalue weighted by molar-refractivity contribution is -0.129. The maximum Gasteiger partial charge on any atom is 0.236 e. The highest BCUT2D eigenvalue weighted by atomic mass is 32.2. The van der Waals surface area contributed by atoms with Crippen LogP contribution in [0.4, 0.5) is 5.13 Å². The number of carbonyl (C=O) groups excluding carboxylic acids is 2. The molecule has 4 rings (SSSR count). The van der Waals surface area contributed by atoms with E-state index in [-0.39, 0.29) is 17.6 Å². The molecule has 3 aromatic rings. The van der Waals surface area contributed by atoms with E-state index in [0.29, 0.717) is 17.4 Å². The van der Waals surface area contributed by atoms with Crippen molar-refractivity contribution in [1.29, 1.82) is 0 Å². The molecule has 5 nitrogen and oxygen atoms in total. The van der Waals surface area contributed by atoms with Crippen LogP contribution in [0.25, 0.3) is 11.3 Å². The molecule has 2 amide bonds. The van der Waals surface area contributed by atoms with Gasteiger partial charge >= 0.3 is 0 Å². The van der Waals surface area contributed by atoms with E-state index < -0.39 is 0 Å². The van der Waals surface area contributed by atoms with Crippen LogP contribution in [0.2, 0.25) is 0 Å². The number of aromatic nitrogens is 1. The molecule has 160 valence electrons. The van der Waals surface area contributed by atoms with Crippen molar-refractivity contribution in [3.05, 3.63) is 70.6 Å². The largest absolute Gasteiger partial charge is 0.337 e. The molecule has 0 unspecified atom stereocenters. The number of hydrogen-bond acceptors (Lipinski definition) is 5. The van der Waals surface area contributed by atoms with Crippen molar-refractivity contribution in [3.8, 4) is 11.3 Å². The second-order valence-corrected chi connectivity index (χ2v) is 9.31. The summed E-state index contributed by atoms with van der Waals surface area (Å²) in [6.45, 7) is 3.52. The molecule has 1 N–H and O–H groups in total. The molecular weight excluding hydrogens is 426 g/mol. The van der Waals surface area contributed by atoms with Crippen LogP contribution in [-0.4, -0.2) is 39.7 Å². The van der Waals surface area contributed by atoms with Gasteiger partial charge in [-0.2, -0.15) is 0 Å². The normalized spacial score (nSPS) is 13.0. The Morgan fingerprint density at radius 2 is 1.87 bits per heavy atom. The first-order valence-corrected chi connectivity index (χ1v) is 12.4. The molecule has 0 fully saturated rings. The molecule has 31 heavy (non-hydrogen) atoms. The fourth-order valence-corrected chi connectivity index (χ4v) is 5.01. The highest BCUT2D eigenvalue weighted by Gasteiger charge is 2.20. The fraction of sp³-hybridized carbons (Fsp3) is 0.292. The second kappa shape index (κ2) is 10.1. The zero-order valence-corrected chi connectivity index (χ0v) is 19.1. The summed E-state index contributed by atoms with van der Waals surface area (Å²) in [5, 5.41) is 5.37. The number of anilines is 1. The summed E-state index contributed by atoms with van der Waals surface area (Å²) < 4.78 is 0. The van der Waals surface area contributed by atoms with Crippen LogP contribution >= 0.6 is 23.1 Å². The number of benzene rings is 2. The summed E-state index contributed by atoms with van der Waals surface area (Å²) in [6, 6.07) is 16.6. The number of nitrogens with zero attached hydrogens (tertiary/aromatic N) is 2. The highest BCUT2D eigenvalue weighted by Crippen LogP contribution is 2.25. The zero-order valence-electron chi connectivity index (χ0n) is 17.5. The average molecular weight is 452 g/mol. The minimum absolute atomic E-state index is 0.0827. The maximum absolute atomic E-state index is 12.5. The Hall–Kier alpha value is -2.64. The molecule has 0 saturated heterocycles. The topological polar surface area (TPSA) is 62.3 Å². The van der Waals surface area contributed by atoms with E-state index in [0.717, 1.165) is 30.6 Å². The number of fused-ring (bicyclic) bond motifs is 1. The van der Waals surface area contributed by atoms with Crippen molar-refractivity contribution < 1.29 is 9.59 Å². The number of hydrogen-bond donors (Lipinski definition) is 1. The van der Waals surface area contributed by atoms with E-state index in [1.165, 1.54) is 39.8 Å². The van der Waals surface area contributed by atoms with Crippen molar-refractivity contribution in [2.45, 2.75) is 26.3 Å². The van der Waals surface area contributed by atoms with Gasteiger partial charge in [-0.15, -0.1) is 23.1 Å². The van der Waals surface area contributed by atoms with Gasteiger partial charge in [0.15, 0.2) is 5.13 Å². The number of thiazole rings is 1. The number of carbonyl (C=O) groups is 2. The monoisotopic (exact) mass is 451 g/mol. The van der Waals surface area contributed by atoms with Crippen molar-refractivity contribution in [2.75, 3.05) is 23.4 Å². The van der Waals surface area contributed by atoms with Gasteiger partial charge in [0.2, 0.25) is 11.8 Å². The second-order valence-electron chi connectivity index (χ2n) is 7.46. The summed E-state index contributed by atoms with van der Waals surface area (Å²) in [6.07, 6.45) is 1.89. The first-order valence-electron chi connectivity index (χ1n) is 10.4. The van der Waals surface area contributed by atoms with Crippen LogP contribution in [0.1, 0.15) is 23.6 Å². The molecule has 0 radical (unpaired) electrons. The lowest BCUT2D eigenvalue weighted by Gasteiger charge is -2.28. The minimum atomic E-state index is -0.135. The van der Waals surface area contributed by atoms with Crippen LogP contribution in [-0.2, 0) is 29.0 Å². The first kappa shape index (κ1) is 21.6. The Morgan fingerprint density at radius 1 is 1.10 bits per heavy atom.